The lowest BCUT2D eigenvalue weighted by atomic mass is 10.2. The zero-order valence-electron chi connectivity index (χ0n) is 12.3. The summed E-state index contributed by atoms with van der Waals surface area (Å²) in [6.07, 6.45) is -8.51. The molecule has 0 aliphatic heterocycles. The van der Waals surface area contributed by atoms with Crippen molar-refractivity contribution >= 4 is 5.91 Å². The number of alkyl halides is 6. The van der Waals surface area contributed by atoms with Gasteiger partial charge in [-0.1, -0.05) is 12.1 Å². The lowest BCUT2D eigenvalue weighted by molar-refractivity contribution is -0.274. The molecule has 1 N–H and O–H groups in total. The average Bonchev–Trinajstić information content (AvgIpc) is 2.51. The van der Waals surface area contributed by atoms with Crippen LogP contribution in [0.5, 0.6) is 5.75 Å². The van der Waals surface area contributed by atoms with Crippen molar-refractivity contribution in [3.63, 3.8) is 0 Å². The van der Waals surface area contributed by atoms with E-state index in [4.69, 9.17) is 0 Å². The Bertz CT molecular complexity index is 741. The zero-order valence-corrected chi connectivity index (χ0v) is 12.3. The molecule has 4 nitrogen and oxygen atoms in total. The SMILES string of the molecule is O=C(NCc1ccc(C(F)(F)F)nc1)c1cccc(OC(F)(F)F)c1. The molecule has 1 heterocycles. The first kappa shape index (κ1) is 18.6. The first-order valence-corrected chi connectivity index (χ1v) is 6.71. The minimum absolute atomic E-state index is 0.0957. The van der Waals surface area contributed by atoms with E-state index in [2.05, 4.69) is 15.0 Å². The number of hydrogen-bond donors (Lipinski definition) is 1. The maximum Gasteiger partial charge on any atom is 0.573 e. The van der Waals surface area contributed by atoms with Crippen LogP contribution in [0, 0.1) is 0 Å². The van der Waals surface area contributed by atoms with Crippen molar-refractivity contribution in [2.75, 3.05) is 0 Å². The fourth-order valence-corrected chi connectivity index (χ4v) is 1.82. The van der Waals surface area contributed by atoms with Gasteiger partial charge in [-0.3, -0.25) is 9.78 Å². The Morgan fingerprint density at radius 3 is 2.36 bits per heavy atom. The van der Waals surface area contributed by atoms with Crippen molar-refractivity contribution in [1.82, 2.24) is 10.3 Å². The summed E-state index contributed by atoms with van der Waals surface area (Å²) in [5.74, 6) is -1.27. The van der Waals surface area contributed by atoms with Gasteiger partial charge in [0.25, 0.3) is 5.91 Å². The van der Waals surface area contributed by atoms with Crippen LogP contribution in [0.4, 0.5) is 26.3 Å². The lowest BCUT2D eigenvalue weighted by Gasteiger charge is -2.10. The van der Waals surface area contributed by atoms with Crippen molar-refractivity contribution in [3.8, 4) is 5.75 Å². The van der Waals surface area contributed by atoms with Gasteiger partial charge in [-0.05, 0) is 29.8 Å². The van der Waals surface area contributed by atoms with Crippen LogP contribution in [0.3, 0.4) is 0 Å². The summed E-state index contributed by atoms with van der Waals surface area (Å²) in [4.78, 5) is 15.1. The van der Waals surface area contributed by atoms with Crippen LogP contribution in [0.1, 0.15) is 21.6 Å². The number of nitrogens with one attached hydrogen (secondary N) is 1. The summed E-state index contributed by atoms with van der Waals surface area (Å²) in [5, 5.41) is 2.37. The van der Waals surface area contributed by atoms with E-state index in [0.29, 0.717) is 5.56 Å². The monoisotopic (exact) mass is 364 g/mol. The molecule has 0 aliphatic carbocycles. The number of carbonyl (C=O) groups excluding carboxylic acids is 1. The minimum Gasteiger partial charge on any atom is -0.406 e. The van der Waals surface area contributed by atoms with Crippen molar-refractivity contribution in [2.45, 2.75) is 19.1 Å². The van der Waals surface area contributed by atoms with Gasteiger partial charge in [-0.15, -0.1) is 13.2 Å². The second-order valence-corrected chi connectivity index (χ2v) is 4.81. The van der Waals surface area contributed by atoms with Gasteiger partial charge in [0, 0.05) is 18.3 Å². The highest BCUT2D eigenvalue weighted by molar-refractivity contribution is 5.94. The molecule has 1 amide bonds. The number of benzene rings is 1. The molecule has 134 valence electrons. The van der Waals surface area contributed by atoms with Gasteiger partial charge < -0.3 is 10.1 Å². The first-order valence-electron chi connectivity index (χ1n) is 6.71. The van der Waals surface area contributed by atoms with E-state index >= 15 is 0 Å². The predicted octanol–water partition coefficient (Wildman–Crippen LogP) is 3.93. The van der Waals surface area contributed by atoms with E-state index in [1.807, 2.05) is 0 Å². The standard InChI is InChI=1S/C15H10F6N2O2/c16-14(17,18)12-5-4-9(7-22-12)8-23-13(24)10-2-1-3-11(6-10)25-15(19,20)21/h1-7H,8H2,(H,23,24). The van der Waals surface area contributed by atoms with Gasteiger partial charge in [0.1, 0.15) is 11.4 Å². The number of hydrogen-bond acceptors (Lipinski definition) is 3. The second kappa shape index (κ2) is 6.99. The highest BCUT2D eigenvalue weighted by Crippen LogP contribution is 2.27. The number of halogens is 6. The van der Waals surface area contributed by atoms with Crippen molar-refractivity contribution in [1.29, 1.82) is 0 Å². The summed E-state index contributed by atoms with van der Waals surface area (Å²) < 4.78 is 77.3. The largest absolute Gasteiger partial charge is 0.573 e. The van der Waals surface area contributed by atoms with Crippen LogP contribution in [-0.4, -0.2) is 17.3 Å². The fourth-order valence-electron chi connectivity index (χ4n) is 1.82. The van der Waals surface area contributed by atoms with Crippen LogP contribution < -0.4 is 10.1 Å². The molecule has 0 aliphatic rings. The summed E-state index contributed by atoms with van der Waals surface area (Å²) >= 11 is 0. The number of rotatable bonds is 4. The van der Waals surface area contributed by atoms with E-state index in [-0.39, 0.29) is 12.1 Å². The highest BCUT2D eigenvalue weighted by atomic mass is 19.4. The van der Waals surface area contributed by atoms with Gasteiger partial charge in [0.15, 0.2) is 0 Å². The molecule has 0 bridgehead atoms. The van der Waals surface area contributed by atoms with E-state index in [9.17, 15) is 31.1 Å². The number of nitrogens with zero attached hydrogens (tertiary/aromatic N) is 1. The maximum absolute atomic E-state index is 12.4. The van der Waals surface area contributed by atoms with E-state index in [1.165, 1.54) is 12.1 Å². The van der Waals surface area contributed by atoms with Gasteiger partial charge in [-0.25, -0.2) is 0 Å². The quantitative estimate of drug-likeness (QED) is 0.837. The van der Waals surface area contributed by atoms with Crippen LogP contribution in [0.15, 0.2) is 42.6 Å². The number of pyridine rings is 1. The Morgan fingerprint density at radius 2 is 1.80 bits per heavy atom. The molecule has 1 aromatic heterocycles. The molecule has 0 radical (unpaired) electrons. The van der Waals surface area contributed by atoms with Gasteiger partial charge in [-0.2, -0.15) is 13.2 Å². The van der Waals surface area contributed by atoms with Crippen LogP contribution in [0.2, 0.25) is 0 Å². The van der Waals surface area contributed by atoms with Crippen molar-refractivity contribution in [2.24, 2.45) is 0 Å². The smallest absolute Gasteiger partial charge is 0.406 e. The second-order valence-electron chi connectivity index (χ2n) is 4.81. The fraction of sp³-hybridized carbons (Fsp3) is 0.200. The number of amides is 1. The molecule has 0 spiro atoms. The van der Waals surface area contributed by atoms with E-state index < -0.39 is 29.9 Å². The lowest BCUT2D eigenvalue weighted by Crippen LogP contribution is -2.23. The molecule has 2 rings (SSSR count). The molecule has 0 unspecified atom stereocenters. The minimum atomic E-state index is -4.89. The third-order valence-corrected chi connectivity index (χ3v) is 2.90. The Balaban J connectivity index is 1.99. The topological polar surface area (TPSA) is 51.2 Å². The Morgan fingerprint density at radius 1 is 1.08 bits per heavy atom. The number of ether oxygens (including phenoxy) is 1. The van der Waals surface area contributed by atoms with Crippen LogP contribution in [-0.2, 0) is 12.7 Å². The van der Waals surface area contributed by atoms with Gasteiger partial charge in [0.05, 0.1) is 0 Å². The third kappa shape index (κ3) is 5.66. The molecule has 0 saturated carbocycles. The molecule has 10 heteroatoms. The van der Waals surface area contributed by atoms with Crippen LogP contribution in [0.25, 0.3) is 0 Å². The molecular formula is C15H10F6N2O2. The van der Waals surface area contributed by atoms with Gasteiger partial charge >= 0.3 is 12.5 Å². The molecule has 0 fully saturated rings. The predicted molar refractivity (Wildman–Crippen MR) is 73.5 cm³/mol. The summed E-state index contributed by atoms with van der Waals surface area (Å²) in [7, 11) is 0. The van der Waals surface area contributed by atoms with Crippen LogP contribution >= 0.6 is 0 Å². The van der Waals surface area contributed by atoms with Gasteiger partial charge in [0.2, 0.25) is 0 Å². The molecule has 2 aromatic rings. The van der Waals surface area contributed by atoms with Crippen molar-refractivity contribution < 1.29 is 35.9 Å². The Labute approximate surface area is 137 Å². The number of aromatic nitrogens is 1. The first-order chi connectivity index (χ1) is 11.5. The number of carbonyl (C=O) groups is 1. The maximum atomic E-state index is 12.4. The molecule has 0 atom stereocenters. The molecule has 25 heavy (non-hydrogen) atoms. The molecular weight excluding hydrogens is 354 g/mol. The summed E-state index contributed by atoms with van der Waals surface area (Å²) in [6.45, 7) is -0.145. The Kier molecular flexibility index (Phi) is 5.19. The average molecular weight is 364 g/mol. The molecule has 1 aromatic carbocycles. The van der Waals surface area contributed by atoms with Crippen molar-refractivity contribution in [3.05, 3.63) is 59.4 Å². The zero-order chi connectivity index (χ0) is 18.7. The summed E-state index contributed by atoms with van der Waals surface area (Å²) in [5.41, 5.74) is -0.870. The third-order valence-electron chi connectivity index (χ3n) is 2.90. The normalized spacial score (nSPS) is 11.9. The van der Waals surface area contributed by atoms with E-state index in [0.717, 1.165) is 30.5 Å². The summed E-state index contributed by atoms with van der Waals surface area (Å²) in [6, 6.07) is 6.30. The highest BCUT2D eigenvalue weighted by Gasteiger charge is 2.32. The van der Waals surface area contributed by atoms with E-state index in [1.54, 1.807) is 0 Å². The molecule has 0 saturated heterocycles. The Hall–Kier alpha value is -2.78.